The number of nitrogens with two attached hydrogens (primary N) is 1. The molecule has 0 atom stereocenters. The van der Waals surface area contributed by atoms with Crippen LogP contribution in [-0.2, 0) is 4.79 Å². The Balaban J connectivity index is 3.05. The molecule has 19 heavy (non-hydrogen) atoms. The van der Waals surface area contributed by atoms with Crippen molar-refractivity contribution in [3.8, 4) is 0 Å². The van der Waals surface area contributed by atoms with Crippen LogP contribution in [0.15, 0.2) is 24.3 Å². The van der Waals surface area contributed by atoms with Gasteiger partial charge < -0.3 is 15.7 Å². The maximum atomic E-state index is 12.2. The average molecular weight is 264 g/mol. The van der Waals surface area contributed by atoms with Crippen molar-refractivity contribution in [1.29, 1.82) is 0 Å². The van der Waals surface area contributed by atoms with E-state index in [1.807, 2.05) is 0 Å². The number of rotatable bonds is 5. The quantitative estimate of drug-likeness (QED) is 0.818. The second-order valence-corrected chi connectivity index (χ2v) is 4.38. The van der Waals surface area contributed by atoms with E-state index in [9.17, 15) is 14.4 Å². The molecule has 0 aromatic heterocycles. The maximum Gasteiger partial charge on any atom is 0.335 e. The van der Waals surface area contributed by atoms with Gasteiger partial charge in [-0.1, -0.05) is 6.07 Å². The third kappa shape index (κ3) is 3.80. The van der Waals surface area contributed by atoms with Crippen LogP contribution in [0.4, 0.5) is 0 Å². The molecule has 1 aromatic carbocycles. The van der Waals surface area contributed by atoms with Gasteiger partial charge in [-0.05, 0) is 32.0 Å². The maximum absolute atomic E-state index is 12.2. The highest BCUT2D eigenvalue weighted by atomic mass is 16.4. The van der Waals surface area contributed by atoms with Gasteiger partial charge in [-0.15, -0.1) is 0 Å². The van der Waals surface area contributed by atoms with Gasteiger partial charge >= 0.3 is 5.97 Å². The number of primary amides is 1. The monoisotopic (exact) mass is 264 g/mol. The topological polar surface area (TPSA) is 101 Å². The molecule has 0 aliphatic carbocycles. The van der Waals surface area contributed by atoms with E-state index >= 15 is 0 Å². The van der Waals surface area contributed by atoms with Crippen LogP contribution >= 0.6 is 0 Å². The third-order valence-corrected chi connectivity index (χ3v) is 2.57. The predicted octanol–water partition coefficient (Wildman–Crippen LogP) is 0.721. The van der Waals surface area contributed by atoms with Gasteiger partial charge in [0.25, 0.3) is 5.91 Å². The van der Waals surface area contributed by atoms with Crippen molar-refractivity contribution in [2.45, 2.75) is 19.9 Å². The normalized spacial score (nSPS) is 10.3. The molecule has 1 aromatic rings. The molecule has 0 aliphatic rings. The first kappa shape index (κ1) is 14.7. The molecule has 3 N–H and O–H groups in total. The molecule has 0 bridgehead atoms. The molecule has 0 unspecified atom stereocenters. The van der Waals surface area contributed by atoms with Crippen LogP contribution in [0.2, 0.25) is 0 Å². The summed E-state index contributed by atoms with van der Waals surface area (Å²) in [5.41, 5.74) is 5.34. The Kier molecular flexibility index (Phi) is 4.63. The number of nitrogens with zero attached hydrogens (tertiary/aromatic N) is 1. The lowest BCUT2D eigenvalue weighted by Crippen LogP contribution is -2.42. The number of carbonyl (C=O) groups is 3. The van der Waals surface area contributed by atoms with Crippen LogP contribution in [0.25, 0.3) is 0 Å². The van der Waals surface area contributed by atoms with Gasteiger partial charge in [-0.2, -0.15) is 0 Å². The molecular weight excluding hydrogens is 248 g/mol. The summed E-state index contributed by atoms with van der Waals surface area (Å²) in [4.78, 5) is 35.3. The van der Waals surface area contributed by atoms with Gasteiger partial charge in [0.05, 0.1) is 12.1 Å². The van der Waals surface area contributed by atoms with E-state index in [0.29, 0.717) is 0 Å². The minimum atomic E-state index is -1.11. The Hall–Kier alpha value is -2.37. The van der Waals surface area contributed by atoms with Crippen LogP contribution in [-0.4, -0.2) is 40.4 Å². The Bertz CT molecular complexity index is 511. The number of carboxylic acid groups (broad SMARTS) is 1. The summed E-state index contributed by atoms with van der Waals surface area (Å²) in [6, 6.07) is 5.45. The summed E-state index contributed by atoms with van der Waals surface area (Å²) >= 11 is 0. The zero-order valence-electron chi connectivity index (χ0n) is 10.8. The fraction of sp³-hybridized carbons (Fsp3) is 0.308. The van der Waals surface area contributed by atoms with Crippen molar-refractivity contribution in [1.82, 2.24) is 4.90 Å². The molecule has 0 saturated carbocycles. The van der Waals surface area contributed by atoms with Crippen LogP contribution in [0.3, 0.4) is 0 Å². The van der Waals surface area contributed by atoms with Gasteiger partial charge in [0, 0.05) is 11.6 Å². The Labute approximate surface area is 110 Å². The summed E-state index contributed by atoms with van der Waals surface area (Å²) in [6.45, 7) is 3.30. The first-order valence-corrected chi connectivity index (χ1v) is 5.75. The van der Waals surface area contributed by atoms with Crippen molar-refractivity contribution < 1.29 is 19.5 Å². The molecule has 0 radical (unpaired) electrons. The van der Waals surface area contributed by atoms with Crippen LogP contribution in [0.5, 0.6) is 0 Å². The highest BCUT2D eigenvalue weighted by molar-refractivity contribution is 5.99. The lowest BCUT2D eigenvalue weighted by Gasteiger charge is -2.25. The average Bonchev–Trinajstić information content (AvgIpc) is 2.34. The SMILES string of the molecule is CC(C)N(CC(N)=O)C(=O)c1cccc(C(=O)O)c1. The summed E-state index contributed by atoms with van der Waals surface area (Å²) in [6.07, 6.45) is 0. The highest BCUT2D eigenvalue weighted by Gasteiger charge is 2.21. The predicted molar refractivity (Wildman–Crippen MR) is 68.8 cm³/mol. The second-order valence-electron chi connectivity index (χ2n) is 4.38. The summed E-state index contributed by atoms with van der Waals surface area (Å²) in [5.74, 6) is -2.14. The molecule has 0 heterocycles. The molecule has 0 spiro atoms. The van der Waals surface area contributed by atoms with Crippen LogP contribution in [0.1, 0.15) is 34.6 Å². The van der Waals surface area contributed by atoms with Gasteiger partial charge in [0.1, 0.15) is 0 Å². The third-order valence-electron chi connectivity index (χ3n) is 2.57. The number of amides is 2. The standard InChI is InChI=1S/C13H16N2O4/c1-8(2)15(7-11(14)16)12(17)9-4-3-5-10(6-9)13(18)19/h3-6,8H,7H2,1-2H3,(H2,14,16)(H,18,19). The van der Waals surface area contributed by atoms with Gasteiger partial charge in [0.15, 0.2) is 0 Å². The first-order chi connectivity index (χ1) is 8.82. The van der Waals surface area contributed by atoms with E-state index in [4.69, 9.17) is 10.8 Å². The second kappa shape index (κ2) is 5.99. The van der Waals surface area contributed by atoms with E-state index in [0.717, 1.165) is 0 Å². The zero-order chi connectivity index (χ0) is 14.6. The number of hydrogen-bond donors (Lipinski definition) is 2. The largest absolute Gasteiger partial charge is 0.478 e. The first-order valence-electron chi connectivity index (χ1n) is 5.75. The summed E-state index contributed by atoms with van der Waals surface area (Å²) < 4.78 is 0. The summed E-state index contributed by atoms with van der Waals surface area (Å²) in [7, 11) is 0. The summed E-state index contributed by atoms with van der Waals surface area (Å²) in [5, 5.41) is 8.89. The molecule has 6 nitrogen and oxygen atoms in total. The smallest absolute Gasteiger partial charge is 0.335 e. The van der Waals surface area contributed by atoms with E-state index in [1.54, 1.807) is 13.8 Å². The Morgan fingerprint density at radius 3 is 2.32 bits per heavy atom. The minimum absolute atomic E-state index is 0.0219. The number of carboxylic acids is 1. The molecule has 0 saturated heterocycles. The molecule has 6 heteroatoms. The van der Waals surface area contributed by atoms with E-state index in [2.05, 4.69) is 0 Å². The fourth-order valence-electron chi connectivity index (χ4n) is 1.61. The van der Waals surface area contributed by atoms with E-state index < -0.39 is 17.8 Å². The van der Waals surface area contributed by atoms with Crippen LogP contribution < -0.4 is 5.73 Å². The lowest BCUT2D eigenvalue weighted by molar-refractivity contribution is -0.119. The fourth-order valence-corrected chi connectivity index (χ4v) is 1.61. The Morgan fingerprint density at radius 1 is 1.26 bits per heavy atom. The highest BCUT2D eigenvalue weighted by Crippen LogP contribution is 2.11. The van der Waals surface area contributed by atoms with Crippen molar-refractivity contribution in [3.63, 3.8) is 0 Å². The van der Waals surface area contributed by atoms with Crippen molar-refractivity contribution >= 4 is 17.8 Å². The molecule has 102 valence electrons. The lowest BCUT2D eigenvalue weighted by atomic mass is 10.1. The van der Waals surface area contributed by atoms with Crippen molar-refractivity contribution in [3.05, 3.63) is 35.4 Å². The number of hydrogen-bond acceptors (Lipinski definition) is 3. The number of carbonyl (C=O) groups excluding carboxylic acids is 2. The van der Waals surface area contributed by atoms with Gasteiger partial charge in [-0.3, -0.25) is 9.59 Å². The van der Waals surface area contributed by atoms with Gasteiger partial charge in [0.2, 0.25) is 5.91 Å². The molecule has 2 amide bonds. The zero-order valence-corrected chi connectivity index (χ0v) is 10.8. The van der Waals surface area contributed by atoms with Crippen LogP contribution in [0, 0.1) is 0 Å². The number of benzene rings is 1. The molecule has 1 rings (SSSR count). The minimum Gasteiger partial charge on any atom is -0.478 e. The Morgan fingerprint density at radius 2 is 1.84 bits per heavy atom. The van der Waals surface area contributed by atoms with Crippen molar-refractivity contribution in [2.75, 3.05) is 6.54 Å². The number of aromatic carboxylic acids is 1. The molecule has 0 aliphatic heterocycles. The van der Waals surface area contributed by atoms with E-state index in [1.165, 1.54) is 29.2 Å². The van der Waals surface area contributed by atoms with E-state index in [-0.39, 0.29) is 23.7 Å². The molecular formula is C13H16N2O4. The van der Waals surface area contributed by atoms with Gasteiger partial charge in [-0.25, -0.2) is 4.79 Å². The van der Waals surface area contributed by atoms with Crippen molar-refractivity contribution in [2.24, 2.45) is 5.73 Å². The molecule has 0 fully saturated rings.